The molecule has 1 unspecified atom stereocenters. The summed E-state index contributed by atoms with van der Waals surface area (Å²) in [4.78, 5) is 15.0. The van der Waals surface area contributed by atoms with Crippen molar-refractivity contribution in [2.45, 2.75) is 25.8 Å². The molecule has 3 fully saturated rings. The minimum absolute atomic E-state index is 0.0665. The lowest BCUT2D eigenvalue weighted by molar-refractivity contribution is 0.0620. The molecule has 21 heavy (non-hydrogen) atoms. The second kappa shape index (κ2) is 4.88. The summed E-state index contributed by atoms with van der Waals surface area (Å²) in [6, 6.07) is 8.42. The molecule has 0 aromatic carbocycles. The molecule has 0 aliphatic carbocycles. The molecule has 3 aliphatic rings. The second-order valence-electron chi connectivity index (χ2n) is 6.41. The lowest BCUT2D eigenvalue weighted by Crippen LogP contribution is -2.57. The number of aryl methyl sites for hydroxylation is 1. The van der Waals surface area contributed by atoms with E-state index in [0.717, 1.165) is 23.3 Å². The first-order valence-corrected chi connectivity index (χ1v) is 7.82. The first-order chi connectivity index (χ1) is 10.2. The Hall–Kier alpha value is -1.81. The summed E-state index contributed by atoms with van der Waals surface area (Å²) in [6.07, 6.45) is 4.39. The van der Waals surface area contributed by atoms with Gasteiger partial charge in [0.05, 0.1) is 5.56 Å². The van der Waals surface area contributed by atoms with E-state index < -0.39 is 0 Å². The van der Waals surface area contributed by atoms with Crippen molar-refractivity contribution in [2.75, 3.05) is 19.6 Å². The van der Waals surface area contributed by atoms with Crippen LogP contribution in [0.5, 0.6) is 0 Å². The maximum Gasteiger partial charge on any atom is 0.253 e. The number of carbonyl (C=O) groups excluding carboxylic acids is 1. The van der Waals surface area contributed by atoms with Crippen LogP contribution in [0.25, 0.3) is 5.52 Å². The number of hydrogen-bond acceptors (Lipinski definition) is 2. The standard InChI is InChI=1S/C17H21N3O/c1-12-3-2-4-15-9-14(10-20(12)15)17(21)18-16-11-19-7-5-13(16)6-8-19/h2-4,9-10,13,16H,5-8,11H2,1H3,(H,18,21). The van der Waals surface area contributed by atoms with Crippen molar-refractivity contribution < 1.29 is 4.79 Å². The summed E-state index contributed by atoms with van der Waals surface area (Å²) < 4.78 is 2.07. The normalized spacial score (nSPS) is 28.0. The van der Waals surface area contributed by atoms with Gasteiger partial charge >= 0.3 is 0 Å². The summed E-state index contributed by atoms with van der Waals surface area (Å²) >= 11 is 0. The zero-order valence-electron chi connectivity index (χ0n) is 12.4. The Kier molecular flexibility index (Phi) is 3.00. The quantitative estimate of drug-likeness (QED) is 0.916. The fraction of sp³-hybridized carbons (Fsp3) is 0.471. The van der Waals surface area contributed by atoms with Gasteiger partial charge in [-0.2, -0.15) is 0 Å². The molecule has 0 spiro atoms. The molecule has 2 bridgehead atoms. The monoisotopic (exact) mass is 283 g/mol. The average Bonchev–Trinajstić information content (AvgIpc) is 2.94. The summed E-state index contributed by atoms with van der Waals surface area (Å²) in [6.45, 7) is 5.48. The van der Waals surface area contributed by atoms with Crippen molar-refractivity contribution in [3.8, 4) is 0 Å². The lowest BCUT2D eigenvalue weighted by Gasteiger charge is -2.44. The Labute approximate surface area is 124 Å². The molecule has 0 saturated carbocycles. The van der Waals surface area contributed by atoms with Crippen molar-refractivity contribution in [2.24, 2.45) is 5.92 Å². The van der Waals surface area contributed by atoms with Crippen molar-refractivity contribution >= 4 is 11.4 Å². The van der Waals surface area contributed by atoms with E-state index in [9.17, 15) is 4.79 Å². The zero-order chi connectivity index (χ0) is 14.4. The molecule has 1 atom stereocenters. The second-order valence-corrected chi connectivity index (χ2v) is 6.41. The number of fused-ring (bicyclic) bond motifs is 4. The topological polar surface area (TPSA) is 36.8 Å². The first kappa shape index (κ1) is 12.9. The number of rotatable bonds is 2. The fourth-order valence-corrected chi connectivity index (χ4v) is 3.78. The van der Waals surface area contributed by atoms with E-state index in [4.69, 9.17) is 0 Å². The smallest absolute Gasteiger partial charge is 0.253 e. The molecule has 4 nitrogen and oxygen atoms in total. The van der Waals surface area contributed by atoms with Gasteiger partial charge in [0.2, 0.25) is 0 Å². The summed E-state index contributed by atoms with van der Waals surface area (Å²) in [5.41, 5.74) is 2.99. The Morgan fingerprint density at radius 3 is 2.76 bits per heavy atom. The van der Waals surface area contributed by atoms with Gasteiger partial charge in [-0.05, 0) is 57.0 Å². The Morgan fingerprint density at radius 1 is 1.29 bits per heavy atom. The van der Waals surface area contributed by atoms with E-state index in [0.29, 0.717) is 12.0 Å². The van der Waals surface area contributed by atoms with E-state index in [1.165, 1.54) is 25.9 Å². The summed E-state index contributed by atoms with van der Waals surface area (Å²) in [7, 11) is 0. The largest absolute Gasteiger partial charge is 0.348 e. The average molecular weight is 283 g/mol. The van der Waals surface area contributed by atoms with Gasteiger partial charge in [0.25, 0.3) is 5.91 Å². The number of amides is 1. The summed E-state index contributed by atoms with van der Waals surface area (Å²) in [5.74, 6) is 0.731. The molecule has 3 saturated heterocycles. The van der Waals surface area contributed by atoms with Gasteiger partial charge in [-0.1, -0.05) is 6.07 Å². The van der Waals surface area contributed by atoms with E-state index in [2.05, 4.69) is 27.6 Å². The van der Waals surface area contributed by atoms with Crippen molar-refractivity contribution in [3.63, 3.8) is 0 Å². The highest BCUT2D eigenvalue weighted by Crippen LogP contribution is 2.27. The third kappa shape index (κ3) is 2.23. The van der Waals surface area contributed by atoms with Crippen LogP contribution in [0.1, 0.15) is 28.9 Å². The van der Waals surface area contributed by atoms with E-state index in [1.807, 2.05) is 24.4 Å². The van der Waals surface area contributed by atoms with Gasteiger partial charge in [0.1, 0.15) is 0 Å². The van der Waals surface area contributed by atoms with E-state index in [-0.39, 0.29) is 5.91 Å². The van der Waals surface area contributed by atoms with Crippen molar-refractivity contribution in [1.82, 2.24) is 14.6 Å². The number of nitrogens with zero attached hydrogens (tertiary/aromatic N) is 2. The van der Waals surface area contributed by atoms with Crippen LogP contribution >= 0.6 is 0 Å². The molecule has 5 heterocycles. The maximum absolute atomic E-state index is 12.5. The Morgan fingerprint density at radius 2 is 2.10 bits per heavy atom. The predicted octanol–water partition coefficient (Wildman–Crippen LogP) is 2.07. The van der Waals surface area contributed by atoms with Crippen LogP contribution in [0, 0.1) is 12.8 Å². The molecule has 2 aromatic heterocycles. The van der Waals surface area contributed by atoms with Gasteiger partial charge in [-0.25, -0.2) is 0 Å². The summed E-state index contributed by atoms with van der Waals surface area (Å²) in [5, 5.41) is 3.25. The zero-order valence-corrected chi connectivity index (χ0v) is 12.4. The van der Waals surface area contributed by atoms with Gasteiger partial charge in [0.15, 0.2) is 0 Å². The SMILES string of the molecule is Cc1cccc2cc(C(=O)NC3CN4CCC3CC4)cn12. The van der Waals surface area contributed by atoms with Crippen LogP contribution in [0.15, 0.2) is 30.5 Å². The molecule has 4 heteroatoms. The van der Waals surface area contributed by atoms with Gasteiger partial charge < -0.3 is 14.6 Å². The molecule has 1 amide bonds. The number of aromatic nitrogens is 1. The van der Waals surface area contributed by atoms with Gasteiger partial charge in [-0.15, -0.1) is 0 Å². The molecular formula is C17H21N3O. The molecule has 110 valence electrons. The van der Waals surface area contributed by atoms with Crippen LogP contribution < -0.4 is 5.32 Å². The van der Waals surface area contributed by atoms with Crippen LogP contribution in [-0.4, -0.2) is 40.9 Å². The first-order valence-electron chi connectivity index (χ1n) is 7.82. The van der Waals surface area contributed by atoms with Crippen LogP contribution in [-0.2, 0) is 0 Å². The molecule has 5 rings (SSSR count). The number of piperidine rings is 3. The number of carbonyl (C=O) groups is 1. The minimum atomic E-state index is 0.0665. The molecule has 0 radical (unpaired) electrons. The highest BCUT2D eigenvalue weighted by molar-refractivity contribution is 5.95. The number of nitrogens with one attached hydrogen (secondary N) is 1. The Balaban J connectivity index is 1.55. The third-order valence-electron chi connectivity index (χ3n) is 5.07. The number of pyridine rings is 1. The third-order valence-corrected chi connectivity index (χ3v) is 5.07. The van der Waals surface area contributed by atoms with Crippen LogP contribution in [0.3, 0.4) is 0 Å². The van der Waals surface area contributed by atoms with Crippen molar-refractivity contribution in [3.05, 3.63) is 41.7 Å². The number of hydrogen-bond donors (Lipinski definition) is 1. The Bertz CT molecular complexity index is 682. The van der Waals surface area contributed by atoms with E-state index in [1.54, 1.807) is 0 Å². The minimum Gasteiger partial charge on any atom is -0.348 e. The molecular weight excluding hydrogens is 262 g/mol. The lowest BCUT2D eigenvalue weighted by atomic mass is 9.84. The molecule has 3 aliphatic heterocycles. The fourth-order valence-electron chi connectivity index (χ4n) is 3.78. The maximum atomic E-state index is 12.5. The van der Waals surface area contributed by atoms with Gasteiger partial charge in [-0.3, -0.25) is 4.79 Å². The van der Waals surface area contributed by atoms with Gasteiger partial charge in [0, 0.05) is 30.0 Å². The van der Waals surface area contributed by atoms with Crippen molar-refractivity contribution in [1.29, 1.82) is 0 Å². The highest BCUT2D eigenvalue weighted by Gasteiger charge is 2.35. The van der Waals surface area contributed by atoms with E-state index >= 15 is 0 Å². The molecule has 2 aromatic rings. The van der Waals surface area contributed by atoms with Crippen LogP contribution in [0.4, 0.5) is 0 Å². The van der Waals surface area contributed by atoms with Crippen LogP contribution in [0.2, 0.25) is 0 Å². The predicted molar refractivity (Wildman–Crippen MR) is 82.6 cm³/mol. The molecule has 1 N–H and O–H groups in total. The highest BCUT2D eigenvalue weighted by atomic mass is 16.1.